The van der Waals surface area contributed by atoms with E-state index in [2.05, 4.69) is 5.32 Å². The largest absolute Gasteiger partial charge is 0.452 e. The number of rotatable bonds is 5. The number of hydrogen-bond acceptors (Lipinski definition) is 3. The first kappa shape index (κ1) is 15.8. The molecule has 114 valence electrons. The van der Waals surface area contributed by atoms with Gasteiger partial charge in [-0.05, 0) is 31.5 Å². The Labute approximate surface area is 130 Å². The summed E-state index contributed by atoms with van der Waals surface area (Å²) in [6.07, 6.45) is 0. The first-order valence-corrected chi connectivity index (χ1v) is 7.10. The smallest absolute Gasteiger partial charge is 0.338 e. The van der Waals surface area contributed by atoms with E-state index in [1.807, 2.05) is 44.2 Å². The summed E-state index contributed by atoms with van der Waals surface area (Å²) in [6.45, 7) is 4.03. The normalized spacial score (nSPS) is 10.1. The van der Waals surface area contributed by atoms with Crippen LogP contribution in [-0.2, 0) is 16.1 Å². The minimum Gasteiger partial charge on any atom is -0.452 e. The van der Waals surface area contributed by atoms with E-state index in [1.54, 1.807) is 18.2 Å². The molecular weight excluding hydrogens is 278 g/mol. The Balaban J connectivity index is 1.79. The third kappa shape index (κ3) is 4.74. The standard InChI is InChI=1S/C18H19NO3/c1-13-5-3-7-15(9-13)11-19-17(20)12-22-18(21)16-8-4-6-14(2)10-16/h3-10H,11-12H2,1-2H3,(H,19,20). The molecule has 0 heterocycles. The molecule has 0 fully saturated rings. The maximum Gasteiger partial charge on any atom is 0.338 e. The van der Waals surface area contributed by atoms with Gasteiger partial charge in [0.1, 0.15) is 0 Å². The number of carbonyl (C=O) groups excluding carboxylic acids is 2. The number of benzene rings is 2. The van der Waals surface area contributed by atoms with Gasteiger partial charge in [-0.2, -0.15) is 0 Å². The Bertz CT molecular complexity index is 680. The van der Waals surface area contributed by atoms with Crippen molar-refractivity contribution in [3.05, 3.63) is 70.8 Å². The fourth-order valence-corrected chi connectivity index (χ4v) is 2.06. The van der Waals surface area contributed by atoms with Gasteiger partial charge in [0, 0.05) is 6.54 Å². The van der Waals surface area contributed by atoms with Crippen LogP contribution in [0.3, 0.4) is 0 Å². The third-order valence-corrected chi connectivity index (χ3v) is 3.16. The second-order valence-corrected chi connectivity index (χ2v) is 5.21. The fourth-order valence-electron chi connectivity index (χ4n) is 2.06. The molecule has 0 aromatic heterocycles. The van der Waals surface area contributed by atoms with Crippen molar-refractivity contribution >= 4 is 11.9 Å². The predicted octanol–water partition coefficient (Wildman–Crippen LogP) is 2.78. The Hall–Kier alpha value is -2.62. The zero-order valence-corrected chi connectivity index (χ0v) is 12.8. The first-order valence-electron chi connectivity index (χ1n) is 7.10. The van der Waals surface area contributed by atoms with Crippen molar-refractivity contribution < 1.29 is 14.3 Å². The highest BCUT2D eigenvalue weighted by Gasteiger charge is 2.10. The van der Waals surface area contributed by atoms with Crippen molar-refractivity contribution in [2.45, 2.75) is 20.4 Å². The maximum absolute atomic E-state index is 11.8. The number of ether oxygens (including phenoxy) is 1. The van der Waals surface area contributed by atoms with Gasteiger partial charge in [0.15, 0.2) is 6.61 Å². The van der Waals surface area contributed by atoms with Crippen LogP contribution < -0.4 is 5.32 Å². The highest BCUT2D eigenvalue weighted by molar-refractivity contribution is 5.91. The molecule has 0 aliphatic rings. The van der Waals surface area contributed by atoms with E-state index in [0.717, 1.165) is 16.7 Å². The summed E-state index contributed by atoms with van der Waals surface area (Å²) < 4.78 is 5.01. The van der Waals surface area contributed by atoms with E-state index in [9.17, 15) is 9.59 Å². The van der Waals surface area contributed by atoms with Gasteiger partial charge in [0.2, 0.25) is 0 Å². The summed E-state index contributed by atoms with van der Waals surface area (Å²) in [5, 5.41) is 2.73. The van der Waals surface area contributed by atoms with Crippen LogP contribution in [0, 0.1) is 13.8 Å². The molecule has 22 heavy (non-hydrogen) atoms. The molecule has 0 bridgehead atoms. The molecule has 2 rings (SSSR count). The van der Waals surface area contributed by atoms with E-state index >= 15 is 0 Å². The molecule has 2 aromatic carbocycles. The van der Waals surface area contributed by atoms with Gasteiger partial charge in [-0.3, -0.25) is 4.79 Å². The Kier molecular flexibility index (Phi) is 5.31. The quantitative estimate of drug-likeness (QED) is 0.863. The van der Waals surface area contributed by atoms with Crippen LogP contribution in [-0.4, -0.2) is 18.5 Å². The van der Waals surface area contributed by atoms with Crippen LogP contribution >= 0.6 is 0 Å². The highest BCUT2D eigenvalue weighted by atomic mass is 16.5. The Morgan fingerprint density at radius 3 is 2.36 bits per heavy atom. The van der Waals surface area contributed by atoms with Gasteiger partial charge in [-0.1, -0.05) is 47.5 Å². The topological polar surface area (TPSA) is 55.4 Å². The van der Waals surface area contributed by atoms with Gasteiger partial charge in [0.25, 0.3) is 5.91 Å². The molecule has 2 aromatic rings. The molecule has 0 saturated carbocycles. The monoisotopic (exact) mass is 297 g/mol. The van der Waals surface area contributed by atoms with Crippen molar-refractivity contribution in [2.75, 3.05) is 6.61 Å². The minimum absolute atomic E-state index is 0.279. The van der Waals surface area contributed by atoms with Gasteiger partial charge in [-0.25, -0.2) is 4.79 Å². The Morgan fingerprint density at radius 2 is 1.68 bits per heavy atom. The number of amides is 1. The first-order chi connectivity index (χ1) is 10.5. The summed E-state index contributed by atoms with van der Waals surface area (Å²) in [5.74, 6) is -0.808. The number of hydrogen-bond donors (Lipinski definition) is 1. The van der Waals surface area contributed by atoms with E-state index < -0.39 is 5.97 Å². The fraction of sp³-hybridized carbons (Fsp3) is 0.222. The number of nitrogens with one attached hydrogen (secondary N) is 1. The molecular formula is C18H19NO3. The number of esters is 1. The lowest BCUT2D eigenvalue weighted by Gasteiger charge is -2.07. The average Bonchev–Trinajstić information content (AvgIpc) is 2.50. The van der Waals surface area contributed by atoms with Crippen LogP contribution in [0.1, 0.15) is 27.0 Å². The zero-order chi connectivity index (χ0) is 15.9. The van der Waals surface area contributed by atoms with Crippen molar-refractivity contribution in [3.63, 3.8) is 0 Å². The molecule has 0 radical (unpaired) electrons. The lowest BCUT2D eigenvalue weighted by Crippen LogP contribution is -2.28. The molecule has 0 atom stereocenters. The predicted molar refractivity (Wildman–Crippen MR) is 84.5 cm³/mol. The summed E-state index contributed by atoms with van der Waals surface area (Å²) in [6, 6.07) is 14.9. The molecule has 1 N–H and O–H groups in total. The molecule has 0 aliphatic heterocycles. The summed E-state index contributed by atoms with van der Waals surface area (Å²) in [7, 11) is 0. The maximum atomic E-state index is 11.8. The average molecular weight is 297 g/mol. The van der Waals surface area contributed by atoms with Gasteiger partial charge in [-0.15, -0.1) is 0 Å². The summed E-state index contributed by atoms with van der Waals surface area (Å²) >= 11 is 0. The molecule has 4 nitrogen and oxygen atoms in total. The second-order valence-electron chi connectivity index (χ2n) is 5.21. The molecule has 0 aliphatic carbocycles. The molecule has 4 heteroatoms. The molecule has 0 unspecified atom stereocenters. The van der Waals surface area contributed by atoms with E-state index in [0.29, 0.717) is 12.1 Å². The van der Waals surface area contributed by atoms with Gasteiger partial charge in [0.05, 0.1) is 5.56 Å². The SMILES string of the molecule is Cc1cccc(CNC(=O)COC(=O)c2cccc(C)c2)c1. The second kappa shape index (κ2) is 7.41. The minimum atomic E-state index is -0.491. The lowest BCUT2D eigenvalue weighted by molar-refractivity contribution is -0.124. The summed E-state index contributed by atoms with van der Waals surface area (Å²) in [5.41, 5.74) is 3.57. The third-order valence-electron chi connectivity index (χ3n) is 3.16. The zero-order valence-electron chi connectivity index (χ0n) is 12.8. The van der Waals surface area contributed by atoms with Crippen LogP contribution in [0.2, 0.25) is 0 Å². The van der Waals surface area contributed by atoms with Gasteiger partial charge < -0.3 is 10.1 Å². The summed E-state index contributed by atoms with van der Waals surface area (Å²) in [4.78, 5) is 23.5. The van der Waals surface area contributed by atoms with E-state index in [1.165, 1.54) is 0 Å². The van der Waals surface area contributed by atoms with Crippen LogP contribution in [0.5, 0.6) is 0 Å². The van der Waals surface area contributed by atoms with Crippen molar-refractivity contribution in [1.29, 1.82) is 0 Å². The van der Waals surface area contributed by atoms with Crippen LogP contribution in [0.25, 0.3) is 0 Å². The molecule has 0 spiro atoms. The van der Waals surface area contributed by atoms with Crippen LogP contribution in [0.4, 0.5) is 0 Å². The number of aryl methyl sites for hydroxylation is 2. The van der Waals surface area contributed by atoms with Crippen molar-refractivity contribution in [3.8, 4) is 0 Å². The molecule has 0 saturated heterocycles. The van der Waals surface area contributed by atoms with Crippen molar-refractivity contribution in [1.82, 2.24) is 5.32 Å². The van der Waals surface area contributed by atoms with Gasteiger partial charge >= 0.3 is 5.97 Å². The molecule has 1 amide bonds. The lowest BCUT2D eigenvalue weighted by atomic mass is 10.1. The number of carbonyl (C=O) groups is 2. The van der Waals surface area contributed by atoms with E-state index in [4.69, 9.17) is 4.74 Å². The van der Waals surface area contributed by atoms with Crippen LogP contribution in [0.15, 0.2) is 48.5 Å². The Morgan fingerprint density at radius 1 is 1.00 bits per heavy atom. The van der Waals surface area contributed by atoms with Crippen molar-refractivity contribution in [2.24, 2.45) is 0 Å². The highest BCUT2D eigenvalue weighted by Crippen LogP contribution is 2.06. The van der Waals surface area contributed by atoms with E-state index in [-0.39, 0.29) is 12.5 Å².